The molecule has 0 aliphatic heterocycles. The third-order valence-corrected chi connectivity index (χ3v) is 6.76. The van der Waals surface area contributed by atoms with Crippen LogP contribution in [0.3, 0.4) is 0 Å². The van der Waals surface area contributed by atoms with Gasteiger partial charge in [-0.2, -0.15) is 0 Å². The van der Waals surface area contributed by atoms with Crippen molar-refractivity contribution < 1.29 is 17.9 Å². The average molecular weight is 432 g/mol. The summed E-state index contributed by atoms with van der Waals surface area (Å²) >= 11 is 6.10. The normalized spacial score (nSPS) is 11.9. The molecule has 0 saturated carbocycles. The number of imidazole rings is 1. The van der Waals surface area contributed by atoms with Crippen LogP contribution in [0.25, 0.3) is 21.9 Å². The smallest absolute Gasteiger partial charge is 0.305 e. The summed E-state index contributed by atoms with van der Waals surface area (Å²) in [5.74, 6) is -0.331. The number of H-pyrrole nitrogens is 1. The lowest BCUT2D eigenvalue weighted by Crippen LogP contribution is -2.16. The van der Waals surface area contributed by atoms with Gasteiger partial charge in [0.15, 0.2) is 0 Å². The van der Waals surface area contributed by atoms with Gasteiger partial charge in [-0.1, -0.05) is 11.6 Å². The van der Waals surface area contributed by atoms with Gasteiger partial charge < -0.3 is 9.72 Å². The molecule has 150 valence electrons. The number of benzene rings is 2. The molecule has 2 aromatic heterocycles. The Morgan fingerprint density at radius 2 is 2.03 bits per heavy atom. The molecule has 9 heteroatoms. The molecule has 0 spiro atoms. The Morgan fingerprint density at radius 3 is 2.83 bits per heavy atom. The molecule has 0 aliphatic carbocycles. The molecule has 0 aliphatic rings. The van der Waals surface area contributed by atoms with E-state index in [9.17, 15) is 13.2 Å². The van der Waals surface area contributed by atoms with Crippen molar-refractivity contribution >= 4 is 49.5 Å². The maximum Gasteiger partial charge on any atom is 0.305 e. The van der Waals surface area contributed by atoms with Gasteiger partial charge in [-0.05, 0) is 55.3 Å². The second-order valence-electron chi connectivity index (χ2n) is 6.62. The molecule has 0 fully saturated rings. The number of hydrogen-bond acceptors (Lipinski definition) is 5. The van der Waals surface area contributed by atoms with Gasteiger partial charge in [-0.15, -0.1) is 0 Å². The number of ether oxygens (including phenoxy) is 1. The van der Waals surface area contributed by atoms with Gasteiger partial charge in [0.05, 0.1) is 34.9 Å². The van der Waals surface area contributed by atoms with Gasteiger partial charge in [0.2, 0.25) is 0 Å². The van der Waals surface area contributed by atoms with Crippen LogP contribution < -0.4 is 0 Å². The first-order valence-electron chi connectivity index (χ1n) is 8.95. The van der Waals surface area contributed by atoms with Crippen molar-refractivity contribution in [2.75, 3.05) is 7.11 Å². The predicted molar refractivity (Wildman–Crippen MR) is 111 cm³/mol. The highest BCUT2D eigenvalue weighted by Gasteiger charge is 2.24. The van der Waals surface area contributed by atoms with Crippen LogP contribution in [0.4, 0.5) is 0 Å². The minimum Gasteiger partial charge on any atom is -0.469 e. The molecule has 2 aromatic carbocycles. The van der Waals surface area contributed by atoms with Gasteiger partial charge >= 0.3 is 5.97 Å². The molecular weight excluding hydrogens is 414 g/mol. The highest BCUT2D eigenvalue weighted by molar-refractivity contribution is 7.90. The van der Waals surface area contributed by atoms with E-state index >= 15 is 0 Å². The second kappa shape index (κ2) is 7.53. The van der Waals surface area contributed by atoms with Crippen LogP contribution in [0.2, 0.25) is 5.02 Å². The Kier molecular flexibility index (Phi) is 5.06. The fourth-order valence-electron chi connectivity index (χ4n) is 3.37. The summed E-state index contributed by atoms with van der Waals surface area (Å²) in [4.78, 5) is 18.7. The fourth-order valence-corrected chi connectivity index (χ4v) is 5.14. The Bertz CT molecular complexity index is 1320. The number of aromatic amines is 1. The van der Waals surface area contributed by atoms with Crippen LogP contribution >= 0.6 is 11.6 Å². The van der Waals surface area contributed by atoms with Gasteiger partial charge in [0.25, 0.3) is 10.0 Å². The average Bonchev–Trinajstić information content (AvgIpc) is 3.31. The number of nitrogens with zero attached hydrogens (tertiary/aromatic N) is 2. The number of halogens is 1. The maximum atomic E-state index is 13.5. The Hall–Kier alpha value is -2.84. The van der Waals surface area contributed by atoms with E-state index in [-0.39, 0.29) is 17.3 Å². The maximum absolute atomic E-state index is 13.5. The number of carbonyl (C=O) groups excluding carboxylic acids is 1. The molecule has 1 N–H and O–H groups in total. The number of nitrogens with one attached hydrogen (secondary N) is 1. The van der Waals surface area contributed by atoms with E-state index in [0.29, 0.717) is 34.6 Å². The van der Waals surface area contributed by atoms with Crippen molar-refractivity contribution in [1.29, 1.82) is 0 Å². The first-order chi connectivity index (χ1) is 13.9. The van der Waals surface area contributed by atoms with Gasteiger partial charge in [0, 0.05) is 22.5 Å². The van der Waals surface area contributed by atoms with Crippen molar-refractivity contribution in [3.63, 3.8) is 0 Å². The van der Waals surface area contributed by atoms with Crippen molar-refractivity contribution in [3.05, 3.63) is 59.5 Å². The van der Waals surface area contributed by atoms with Crippen LogP contribution in [0.1, 0.15) is 18.5 Å². The first-order valence-corrected chi connectivity index (χ1v) is 10.8. The molecular formula is C20H18ClN3O4S. The summed E-state index contributed by atoms with van der Waals surface area (Å²) < 4.78 is 33.1. The van der Waals surface area contributed by atoms with E-state index in [1.165, 1.54) is 17.4 Å². The topological polar surface area (TPSA) is 94.0 Å². The number of aryl methyl sites for hydroxylation is 1. The van der Waals surface area contributed by atoms with Crippen molar-refractivity contribution in [1.82, 2.24) is 13.9 Å². The molecule has 4 aromatic rings. The SMILES string of the molecule is COC(=O)CCCc1cc2cc(Cl)ccc2n1S(=O)(=O)c1ccc2[nH]cnc2c1. The molecule has 29 heavy (non-hydrogen) atoms. The quantitative estimate of drug-likeness (QED) is 0.467. The molecule has 0 amide bonds. The lowest BCUT2D eigenvalue weighted by molar-refractivity contribution is -0.140. The zero-order valence-electron chi connectivity index (χ0n) is 15.6. The zero-order chi connectivity index (χ0) is 20.6. The molecule has 4 rings (SSSR count). The Labute approximate surface area is 172 Å². The van der Waals surface area contributed by atoms with Crippen LogP contribution in [0.15, 0.2) is 53.7 Å². The second-order valence-corrected chi connectivity index (χ2v) is 8.84. The number of esters is 1. The van der Waals surface area contributed by atoms with E-state index in [0.717, 1.165) is 10.9 Å². The highest BCUT2D eigenvalue weighted by Crippen LogP contribution is 2.29. The van der Waals surface area contributed by atoms with Crippen LogP contribution in [0.5, 0.6) is 0 Å². The van der Waals surface area contributed by atoms with Crippen LogP contribution in [0, 0.1) is 0 Å². The van der Waals surface area contributed by atoms with Crippen molar-refractivity contribution in [2.24, 2.45) is 0 Å². The summed E-state index contributed by atoms with van der Waals surface area (Å²) in [5, 5.41) is 1.24. The summed E-state index contributed by atoms with van der Waals surface area (Å²) in [6.45, 7) is 0. The number of hydrogen-bond donors (Lipinski definition) is 1. The molecule has 7 nitrogen and oxygen atoms in total. The lowest BCUT2D eigenvalue weighted by atomic mass is 10.2. The standard InChI is InChI=1S/C20H18ClN3O4S/c1-28-20(25)4-2-3-15-10-13-9-14(21)5-8-19(13)24(15)29(26,27)16-6-7-17-18(11-16)23-12-22-17/h5-12H,2-4H2,1H3,(H,22,23). The van der Waals surface area contributed by atoms with Gasteiger partial charge in [-0.25, -0.2) is 17.4 Å². The molecule has 0 bridgehead atoms. The van der Waals surface area contributed by atoms with Crippen LogP contribution in [-0.2, 0) is 26.0 Å². The molecule has 0 atom stereocenters. The third kappa shape index (κ3) is 3.61. The monoisotopic (exact) mass is 431 g/mol. The van der Waals surface area contributed by atoms with Crippen LogP contribution in [-0.4, -0.2) is 35.4 Å². The van der Waals surface area contributed by atoms with Crippen molar-refractivity contribution in [3.8, 4) is 0 Å². The van der Waals surface area contributed by atoms with E-state index < -0.39 is 10.0 Å². The van der Waals surface area contributed by atoms with E-state index in [2.05, 4.69) is 14.7 Å². The first kappa shape index (κ1) is 19.5. The Balaban J connectivity index is 1.83. The summed E-state index contributed by atoms with van der Waals surface area (Å²) in [6, 6.07) is 11.6. The minimum absolute atomic E-state index is 0.138. The number of aromatic nitrogens is 3. The third-order valence-electron chi connectivity index (χ3n) is 4.76. The molecule has 0 radical (unpaired) electrons. The number of rotatable bonds is 6. The summed E-state index contributed by atoms with van der Waals surface area (Å²) in [5.41, 5.74) is 2.43. The largest absolute Gasteiger partial charge is 0.469 e. The predicted octanol–water partition coefficient (Wildman–Crippen LogP) is 3.90. The lowest BCUT2D eigenvalue weighted by Gasteiger charge is -2.12. The van der Waals surface area contributed by atoms with Crippen molar-refractivity contribution in [2.45, 2.75) is 24.2 Å². The molecule has 2 heterocycles. The number of fused-ring (bicyclic) bond motifs is 2. The highest BCUT2D eigenvalue weighted by atomic mass is 35.5. The number of carbonyl (C=O) groups is 1. The van der Waals surface area contributed by atoms with Gasteiger partial charge in [-0.3, -0.25) is 4.79 Å². The molecule has 0 unspecified atom stereocenters. The van der Waals surface area contributed by atoms with Gasteiger partial charge in [0.1, 0.15) is 0 Å². The molecule has 0 saturated heterocycles. The van der Waals surface area contributed by atoms with E-state index in [1.807, 2.05) is 0 Å². The number of methoxy groups -OCH3 is 1. The van der Waals surface area contributed by atoms with E-state index in [4.69, 9.17) is 11.6 Å². The summed E-state index contributed by atoms with van der Waals surface area (Å²) in [6.07, 6.45) is 2.58. The van der Waals surface area contributed by atoms with E-state index in [1.54, 1.807) is 42.5 Å². The minimum atomic E-state index is -3.89. The summed E-state index contributed by atoms with van der Waals surface area (Å²) in [7, 11) is -2.56. The fraction of sp³-hybridized carbons (Fsp3) is 0.200. The zero-order valence-corrected chi connectivity index (χ0v) is 17.1. The Morgan fingerprint density at radius 1 is 1.21 bits per heavy atom.